The van der Waals surface area contributed by atoms with Crippen molar-refractivity contribution < 1.29 is 19.4 Å². The predicted octanol–water partition coefficient (Wildman–Crippen LogP) is 1.64. The van der Waals surface area contributed by atoms with Gasteiger partial charge in [0.2, 0.25) is 0 Å². The lowest BCUT2D eigenvalue weighted by atomic mass is 10.2. The van der Waals surface area contributed by atoms with E-state index in [0.29, 0.717) is 29.6 Å². The van der Waals surface area contributed by atoms with Gasteiger partial charge in [0, 0.05) is 24.5 Å². The number of carbonyl (C=O) groups is 1. The van der Waals surface area contributed by atoms with Crippen LogP contribution in [0.2, 0.25) is 0 Å². The molecule has 0 saturated carbocycles. The minimum atomic E-state index is -0.316. The van der Waals surface area contributed by atoms with Gasteiger partial charge in [0.15, 0.2) is 5.17 Å². The quantitative estimate of drug-likeness (QED) is 0.864. The molecule has 0 spiro atoms. The third kappa shape index (κ3) is 4.64. The highest BCUT2D eigenvalue weighted by Gasteiger charge is 2.15. The van der Waals surface area contributed by atoms with E-state index in [1.54, 1.807) is 13.2 Å². The van der Waals surface area contributed by atoms with Gasteiger partial charge in [-0.05, 0) is 19.1 Å². The van der Waals surface area contributed by atoms with Crippen LogP contribution in [-0.4, -0.2) is 48.3 Å². The lowest BCUT2D eigenvalue weighted by molar-refractivity contribution is 0.0912. The zero-order valence-electron chi connectivity index (χ0n) is 12.0. The molecule has 0 aliphatic carbocycles. The molecule has 0 radical (unpaired) electrons. The highest BCUT2D eigenvalue weighted by atomic mass is 32.2. The Kier molecular flexibility index (Phi) is 5.46. The molecule has 0 aromatic heterocycles. The van der Waals surface area contributed by atoms with Crippen molar-refractivity contribution >= 4 is 22.8 Å². The number of phenols is 1. The Morgan fingerprint density at radius 2 is 2.33 bits per heavy atom. The van der Waals surface area contributed by atoms with E-state index in [0.717, 1.165) is 5.75 Å². The molecule has 114 valence electrons. The van der Waals surface area contributed by atoms with Crippen LogP contribution in [0.5, 0.6) is 11.5 Å². The molecule has 6 nitrogen and oxygen atoms in total. The SMILES string of the molecule is COC[C@H](C)Oc1cc(O)cc(C(=O)NC2=NCCS2)c1. The van der Waals surface area contributed by atoms with Crippen LogP contribution in [0.25, 0.3) is 0 Å². The number of carbonyl (C=O) groups excluding carboxylic acids is 1. The van der Waals surface area contributed by atoms with Crippen molar-refractivity contribution in [3.05, 3.63) is 23.8 Å². The molecule has 1 heterocycles. The van der Waals surface area contributed by atoms with E-state index in [1.807, 2.05) is 6.92 Å². The van der Waals surface area contributed by atoms with Crippen LogP contribution in [0.1, 0.15) is 17.3 Å². The number of methoxy groups -OCH3 is 1. The molecule has 1 atom stereocenters. The molecule has 1 aliphatic rings. The number of phenolic OH excluding ortho intramolecular Hbond substituents is 1. The summed E-state index contributed by atoms with van der Waals surface area (Å²) in [5, 5.41) is 13.0. The maximum absolute atomic E-state index is 12.1. The molecule has 1 aromatic rings. The van der Waals surface area contributed by atoms with Crippen molar-refractivity contribution in [2.45, 2.75) is 13.0 Å². The van der Waals surface area contributed by atoms with Gasteiger partial charge in [0.1, 0.15) is 17.6 Å². The van der Waals surface area contributed by atoms with E-state index in [4.69, 9.17) is 9.47 Å². The molecule has 0 fully saturated rings. The van der Waals surface area contributed by atoms with E-state index < -0.39 is 0 Å². The normalized spacial score (nSPS) is 15.4. The maximum atomic E-state index is 12.1. The average molecular weight is 310 g/mol. The predicted molar refractivity (Wildman–Crippen MR) is 82.3 cm³/mol. The minimum absolute atomic E-state index is 0.0247. The molecule has 21 heavy (non-hydrogen) atoms. The zero-order chi connectivity index (χ0) is 15.2. The Morgan fingerprint density at radius 3 is 3.00 bits per heavy atom. The second-order valence-corrected chi connectivity index (χ2v) is 5.67. The van der Waals surface area contributed by atoms with E-state index in [9.17, 15) is 9.90 Å². The molecule has 1 aromatic carbocycles. The number of hydrogen-bond donors (Lipinski definition) is 2. The third-order valence-corrected chi connectivity index (χ3v) is 3.59. The van der Waals surface area contributed by atoms with Gasteiger partial charge in [-0.2, -0.15) is 0 Å². The van der Waals surface area contributed by atoms with Crippen LogP contribution in [0.15, 0.2) is 23.2 Å². The molecule has 0 unspecified atom stereocenters. The standard InChI is InChI=1S/C14H18N2O4S/c1-9(8-19-2)20-12-6-10(5-11(17)7-12)13(18)16-14-15-3-4-21-14/h5-7,9,17H,3-4,8H2,1-2H3,(H,15,16,18)/t9-/m0/s1. The van der Waals surface area contributed by atoms with Crippen molar-refractivity contribution in [2.24, 2.45) is 4.99 Å². The largest absolute Gasteiger partial charge is 0.508 e. The van der Waals surface area contributed by atoms with Gasteiger partial charge in [-0.15, -0.1) is 0 Å². The average Bonchev–Trinajstić information content (AvgIpc) is 2.91. The number of amides is 1. The summed E-state index contributed by atoms with van der Waals surface area (Å²) in [7, 11) is 1.58. The molecule has 0 saturated heterocycles. The molecule has 2 rings (SSSR count). The number of amidine groups is 1. The smallest absolute Gasteiger partial charge is 0.257 e. The number of rotatable bonds is 5. The fraction of sp³-hybridized carbons (Fsp3) is 0.429. The van der Waals surface area contributed by atoms with Crippen LogP contribution in [0.3, 0.4) is 0 Å². The van der Waals surface area contributed by atoms with Crippen molar-refractivity contribution in [2.75, 3.05) is 26.0 Å². The Hall–Kier alpha value is -1.73. The minimum Gasteiger partial charge on any atom is -0.508 e. The van der Waals surface area contributed by atoms with Crippen molar-refractivity contribution in [3.8, 4) is 11.5 Å². The Morgan fingerprint density at radius 1 is 1.52 bits per heavy atom. The van der Waals surface area contributed by atoms with Gasteiger partial charge >= 0.3 is 0 Å². The summed E-state index contributed by atoms with van der Waals surface area (Å²) in [5.74, 6) is 0.954. The second kappa shape index (κ2) is 7.33. The number of benzene rings is 1. The van der Waals surface area contributed by atoms with Crippen molar-refractivity contribution in [3.63, 3.8) is 0 Å². The number of thioether (sulfide) groups is 1. The lowest BCUT2D eigenvalue weighted by Gasteiger charge is -2.14. The monoisotopic (exact) mass is 310 g/mol. The van der Waals surface area contributed by atoms with Crippen LogP contribution >= 0.6 is 11.8 Å². The first-order chi connectivity index (χ1) is 10.1. The van der Waals surface area contributed by atoms with Gasteiger partial charge in [0.05, 0.1) is 13.2 Å². The van der Waals surface area contributed by atoms with Crippen LogP contribution in [-0.2, 0) is 4.74 Å². The number of aliphatic imine (C=N–C) groups is 1. The van der Waals surface area contributed by atoms with Gasteiger partial charge in [-0.25, -0.2) is 0 Å². The number of nitrogens with zero attached hydrogens (tertiary/aromatic N) is 1. The first kappa shape index (κ1) is 15.7. The summed E-state index contributed by atoms with van der Waals surface area (Å²) in [5.41, 5.74) is 0.324. The first-order valence-electron chi connectivity index (χ1n) is 6.56. The van der Waals surface area contributed by atoms with E-state index >= 15 is 0 Å². The van der Waals surface area contributed by atoms with Gasteiger partial charge in [-0.1, -0.05) is 11.8 Å². The highest BCUT2D eigenvalue weighted by molar-refractivity contribution is 8.14. The Labute approximate surface area is 127 Å². The summed E-state index contributed by atoms with van der Waals surface area (Å²) in [4.78, 5) is 16.3. The summed E-state index contributed by atoms with van der Waals surface area (Å²) in [6.07, 6.45) is -0.178. The Balaban J connectivity index is 2.08. The zero-order valence-corrected chi connectivity index (χ0v) is 12.8. The topological polar surface area (TPSA) is 80.1 Å². The first-order valence-corrected chi connectivity index (χ1v) is 7.55. The molecular formula is C14H18N2O4S. The fourth-order valence-electron chi connectivity index (χ4n) is 1.86. The van der Waals surface area contributed by atoms with Gasteiger partial charge in [0.25, 0.3) is 5.91 Å². The number of hydrogen-bond acceptors (Lipinski definition) is 6. The fourth-order valence-corrected chi connectivity index (χ4v) is 2.59. The molecule has 1 aliphatic heterocycles. The maximum Gasteiger partial charge on any atom is 0.257 e. The van der Waals surface area contributed by atoms with Crippen LogP contribution < -0.4 is 10.1 Å². The van der Waals surface area contributed by atoms with Crippen LogP contribution in [0.4, 0.5) is 0 Å². The van der Waals surface area contributed by atoms with Crippen molar-refractivity contribution in [1.82, 2.24) is 5.32 Å². The van der Waals surface area contributed by atoms with E-state index in [2.05, 4.69) is 10.3 Å². The highest BCUT2D eigenvalue weighted by Crippen LogP contribution is 2.23. The molecule has 7 heteroatoms. The summed E-state index contributed by atoms with van der Waals surface area (Å²) >= 11 is 1.50. The number of aromatic hydroxyl groups is 1. The summed E-state index contributed by atoms with van der Waals surface area (Å²) < 4.78 is 10.6. The summed E-state index contributed by atoms with van der Waals surface area (Å²) in [6, 6.07) is 4.44. The third-order valence-electron chi connectivity index (χ3n) is 2.70. The van der Waals surface area contributed by atoms with E-state index in [1.165, 1.54) is 23.9 Å². The second-order valence-electron chi connectivity index (χ2n) is 4.59. The van der Waals surface area contributed by atoms with Crippen LogP contribution in [0, 0.1) is 0 Å². The molecular weight excluding hydrogens is 292 g/mol. The lowest BCUT2D eigenvalue weighted by Crippen LogP contribution is -2.27. The summed E-state index contributed by atoms with van der Waals surface area (Å²) in [6.45, 7) is 2.98. The molecule has 0 bridgehead atoms. The molecule has 1 amide bonds. The Bertz CT molecular complexity index is 548. The van der Waals surface area contributed by atoms with Crippen molar-refractivity contribution in [1.29, 1.82) is 0 Å². The van der Waals surface area contributed by atoms with E-state index in [-0.39, 0.29) is 17.8 Å². The molecule has 2 N–H and O–H groups in total. The van der Waals surface area contributed by atoms with Gasteiger partial charge < -0.3 is 19.9 Å². The number of nitrogens with one attached hydrogen (secondary N) is 1. The number of ether oxygens (including phenoxy) is 2. The van der Waals surface area contributed by atoms with Gasteiger partial charge in [-0.3, -0.25) is 9.79 Å².